The van der Waals surface area contributed by atoms with Gasteiger partial charge in [-0.05, 0) is 19.8 Å². The number of nitrogens with one attached hydrogen (secondary N) is 1. The predicted molar refractivity (Wildman–Crippen MR) is 51.3 cm³/mol. The molecule has 1 nitrogen and oxygen atoms in total. The molecule has 0 bridgehead atoms. The molecule has 1 heteroatoms. The summed E-state index contributed by atoms with van der Waals surface area (Å²) in [5, 5.41) is 3.39. The maximum absolute atomic E-state index is 3.39. The number of unbranched alkanes of at least 4 members (excludes halogenated alkanes) is 2. The minimum absolute atomic E-state index is 0.664. The molecule has 1 unspecified atom stereocenters. The van der Waals surface area contributed by atoms with Crippen molar-refractivity contribution in [2.45, 2.75) is 58.9 Å². The van der Waals surface area contributed by atoms with Crippen molar-refractivity contribution in [3.05, 3.63) is 6.54 Å². The first-order valence-electron chi connectivity index (χ1n) is 4.89. The quantitative estimate of drug-likeness (QED) is 0.558. The molecule has 1 N–H and O–H groups in total. The van der Waals surface area contributed by atoms with Gasteiger partial charge in [0.15, 0.2) is 0 Å². The highest BCUT2D eigenvalue weighted by Crippen LogP contribution is 1.99. The molecule has 0 amide bonds. The SMILES string of the molecule is CCCC[CH]NC(C)CCC. The Morgan fingerprint density at radius 2 is 2.00 bits per heavy atom. The Bertz CT molecular complexity index is 71.3. The van der Waals surface area contributed by atoms with Crippen LogP contribution in [-0.2, 0) is 0 Å². The second-order valence-corrected chi connectivity index (χ2v) is 3.20. The lowest BCUT2D eigenvalue weighted by Gasteiger charge is -2.11. The lowest BCUT2D eigenvalue weighted by molar-refractivity contribution is 0.536. The second kappa shape index (κ2) is 8.06. The molecule has 0 rings (SSSR count). The fraction of sp³-hybridized carbons (Fsp3) is 0.900. The van der Waals surface area contributed by atoms with Crippen LogP contribution in [0.2, 0.25) is 0 Å². The van der Waals surface area contributed by atoms with E-state index < -0.39 is 0 Å². The Labute approximate surface area is 71.6 Å². The maximum Gasteiger partial charge on any atom is 0.0223 e. The molecule has 0 aliphatic carbocycles. The molecule has 0 aromatic rings. The highest BCUT2D eigenvalue weighted by atomic mass is 14.9. The van der Waals surface area contributed by atoms with Crippen LogP contribution in [0.5, 0.6) is 0 Å². The molecular weight excluding hydrogens is 134 g/mol. The van der Waals surface area contributed by atoms with Gasteiger partial charge in [0.05, 0.1) is 0 Å². The van der Waals surface area contributed by atoms with E-state index in [4.69, 9.17) is 0 Å². The average molecular weight is 156 g/mol. The molecule has 0 aromatic heterocycles. The van der Waals surface area contributed by atoms with E-state index >= 15 is 0 Å². The van der Waals surface area contributed by atoms with Gasteiger partial charge in [0.1, 0.15) is 0 Å². The molecule has 1 atom stereocenters. The van der Waals surface area contributed by atoms with Crippen LogP contribution >= 0.6 is 0 Å². The van der Waals surface area contributed by atoms with Crippen molar-refractivity contribution >= 4 is 0 Å². The first kappa shape index (κ1) is 11.0. The van der Waals surface area contributed by atoms with E-state index in [1.54, 1.807) is 0 Å². The predicted octanol–water partition coefficient (Wildman–Crippen LogP) is 3.12. The van der Waals surface area contributed by atoms with Gasteiger partial charge < -0.3 is 5.32 Å². The third-order valence-corrected chi connectivity index (χ3v) is 1.83. The summed E-state index contributed by atoms with van der Waals surface area (Å²) in [7, 11) is 0. The molecule has 0 aliphatic heterocycles. The lowest BCUT2D eigenvalue weighted by atomic mass is 10.2. The lowest BCUT2D eigenvalue weighted by Crippen LogP contribution is -2.22. The van der Waals surface area contributed by atoms with Gasteiger partial charge in [-0.1, -0.05) is 33.1 Å². The molecule has 11 heavy (non-hydrogen) atoms. The van der Waals surface area contributed by atoms with E-state index in [1.807, 2.05) is 0 Å². The molecule has 0 saturated carbocycles. The van der Waals surface area contributed by atoms with Crippen LogP contribution in [-0.4, -0.2) is 6.04 Å². The zero-order valence-corrected chi connectivity index (χ0v) is 8.19. The van der Waals surface area contributed by atoms with Crippen molar-refractivity contribution in [3.63, 3.8) is 0 Å². The van der Waals surface area contributed by atoms with E-state index in [0.717, 1.165) is 0 Å². The van der Waals surface area contributed by atoms with Gasteiger partial charge in [0.2, 0.25) is 0 Å². The van der Waals surface area contributed by atoms with Gasteiger partial charge in [0.25, 0.3) is 0 Å². The van der Waals surface area contributed by atoms with E-state index in [2.05, 4.69) is 32.6 Å². The summed E-state index contributed by atoms with van der Waals surface area (Å²) in [6.07, 6.45) is 6.37. The summed E-state index contributed by atoms with van der Waals surface area (Å²) < 4.78 is 0. The Kier molecular flexibility index (Phi) is 8.03. The first-order valence-corrected chi connectivity index (χ1v) is 4.89. The van der Waals surface area contributed by atoms with Crippen molar-refractivity contribution in [2.75, 3.05) is 0 Å². The molecule has 0 heterocycles. The summed E-state index contributed by atoms with van der Waals surface area (Å²) >= 11 is 0. The van der Waals surface area contributed by atoms with Crippen molar-refractivity contribution in [1.82, 2.24) is 5.32 Å². The topological polar surface area (TPSA) is 12.0 Å². The summed E-state index contributed by atoms with van der Waals surface area (Å²) in [4.78, 5) is 0. The van der Waals surface area contributed by atoms with Gasteiger partial charge in [-0.3, -0.25) is 0 Å². The Morgan fingerprint density at radius 1 is 1.27 bits per heavy atom. The second-order valence-electron chi connectivity index (χ2n) is 3.20. The molecule has 0 aromatic carbocycles. The first-order chi connectivity index (χ1) is 5.31. The smallest absolute Gasteiger partial charge is 0.0223 e. The van der Waals surface area contributed by atoms with Crippen LogP contribution in [0.4, 0.5) is 0 Å². The van der Waals surface area contributed by atoms with Crippen LogP contribution in [0, 0.1) is 6.54 Å². The number of hydrogen-bond acceptors (Lipinski definition) is 1. The highest BCUT2D eigenvalue weighted by molar-refractivity contribution is 4.67. The summed E-state index contributed by atoms with van der Waals surface area (Å²) in [6, 6.07) is 0.664. The largest absolute Gasteiger partial charge is 0.310 e. The zero-order valence-electron chi connectivity index (χ0n) is 8.19. The summed E-state index contributed by atoms with van der Waals surface area (Å²) in [5.74, 6) is 0. The number of rotatable bonds is 7. The van der Waals surface area contributed by atoms with E-state index in [-0.39, 0.29) is 0 Å². The average Bonchev–Trinajstić information content (AvgIpc) is 1.99. The van der Waals surface area contributed by atoms with Crippen LogP contribution in [0.1, 0.15) is 52.9 Å². The standard InChI is InChI=1S/C10H22N/c1-4-6-7-9-11-10(3)8-5-2/h9-11H,4-8H2,1-3H3. The third-order valence-electron chi connectivity index (χ3n) is 1.83. The third kappa shape index (κ3) is 7.86. The van der Waals surface area contributed by atoms with Crippen molar-refractivity contribution in [3.8, 4) is 0 Å². The van der Waals surface area contributed by atoms with Crippen LogP contribution in [0.3, 0.4) is 0 Å². The molecule has 0 saturated heterocycles. The van der Waals surface area contributed by atoms with E-state index in [0.29, 0.717) is 6.04 Å². The van der Waals surface area contributed by atoms with Crippen molar-refractivity contribution in [1.29, 1.82) is 0 Å². The zero-order chi connectivity index (χ0) is 8.53. The van der Waals surface area contributed by atoms with Crippen LogP contribution < -0.4 is 5.32 Å². The van der Waals surface area contributed by atoms with E-state index in [9.17, 15) is 0 Å². The summed E-state index contributed by atoms with van der Waals surface area (Å²) in [6.45, 7) is 8.91. The maximum atomic E-state index is 3.39. The minimum atomic E-state index is 0.664. The van der Waals surface area contributed by atoms with Crippen LogP contribution in [0.15, 0.2) is 0 Å². The van der Waals surface area contributed by atoms with Crippen molar-refractivity contribution < 1.29 is 0 Å². The van der Waals surface area contributed by atoms with E-state index in [1.165, 1.54) is 32.1 Å². The minimum Gasteiger partial charge on any atom is -0.310 e. The fourth-order valence-corrected chi connectivity index (χ4v) is 1.11. The Balaban J connectivity index is 2.97. The van der Waals surface area contributed by atoms with Gasteiger partial charge in [-0.25, -0.2) is 0 Å². The van der Waals surface area contributed by atoms with Gasteiger partial charge in [-0.2, -0.15) is 0 Å². The van der Waals surface area contributed by atoms with Crippen molar-refractivity contribution in [2.24, 2.45) is 0 Å². The van der Waals surface area contributed by atoms with Gasteiger partial charge in [0, 0.05) is 12.6 Å². The Morgan fingerprint density at radius 3 is 2.55 bits per heavy atom. The molecule has 1 radical (unpaired) electrons. The monoisotopic (exact) mass is 156 g/mol. The van der Waals surface area contributed by atoms with Gasteiger partial charge in [-0.15, -0.1) is 0 Å². The molecule has 67 valence electrons. The summed E-state index contributed by atoms with van der Waals surface area (Å²) in [5.41, 5.74) is 0. The number of hydrogen-bond donors (Lipinski definition) is 1. The molecule has 0 fully saturated rings. The molecule has 0 aliphatic rings. The normalized spacial score (nSPS) is 13.4. The fourth-order valence-electron chi connectivity index (χ4n) is 1.11. The highest BCUT2D eigenvalue weighted by Gasteiger charge is 1.97. The van der Waals surface area contributed by atoms with Gasteiger partial charge >= 0.3 is 0 Å². The van der Waals surface area contributed by atoms with Crippen LogP contribution in [0.25, 0.3) is 0 Å². The molecule has 0 spiro atoms. The Hall–Kier alpha value is -0.0400. The molecular formula is C10H22N.